The molecule has 0 amide bonds. The molecule has 3 fully saturated rings. The van der Waals surface area contributed by atoms with Crippen LogP contribution in [0.3, 0.4) is 0 Å². The minimum atomic E-state index is 0.0353. The minimum absolute atomic E-state index is 0.0353. The normalized spacial score (nSPS) is 49.1. The van der Waals surface area contributed by atoms with Crippen molar-refractivity contribution in [2.45, 2.75) is 44.1 Å². The van der Waals surface area contributed by atoms with Gasteiger partial charge in [0.25, 0.3) is 0 Å². The molecular formula is C11H16O2. The SMILES string of the molecule is O=C1CCCC23OCCCC2CC13. The second-order valence-electron chi connectivity index (χ2n) is 4.75. The number of carbonyl (C=O) groups is 1. The molecule has 3 unspecified atom stereocenters. The maximum absolute atomic E-state index is 11.6. The summed E-state index contributed by atoms with van der Waals surface area (Å²) in [6.07, 6.45) is 6.64. The number of carbonyl (C=O) groups excluding carboxylic acids is 1. The van der Waals surface area contributed by atoms with Gasteiger partial charge in [-0.05, 0) is 38.0 Å². The molecule has 0 aromatic carbocycles. The summed E-state index contributed by atoms with van der Waals surface area (Å²) in [4.78, 5) is 11.6. The van der Waals surface area contributed by atoms with Crippen molar-refractivity contribution in [1.29, 1.82) is 0 Å². The zero-order chi connectivity index (χ0) is 8.89. The number of ether oxygens (including phenoxy) is 1. The summed E-state index contributed by atoms with van der Waals surface area (Å²) in [5, 5.41) is 0. The van der Waals surface area contributed by atoms with Gasteiger partial charge in [-0.15, -0.1) is 0 Å². The van der Waals surface area contributed by atoms with Crippen LogP contribution in [0.4, 0.5) is 0 Å². The van der Waals surface area contributed by atoms with Crippen molar-refractivity contribution in [1.82, 2.24) is 0 Å². The van der Waals surface area contributed by atoms with Gasteiger partial charge < -0.3 is 4.74 Å². The van der Waals surface area contributed by atoms with Crippen LogP contribution in [0, 0.1) is 11.8 Å². The molecule has 2 saturated carbocycles. The molecule has 3 aliphatic rings. The topological polar surface area (TPSA) is 26.3 Å². The molecule has 3 rings (SSSR count). The summed E-state index contributed by atoms with van der Waals surface area (Å²) in [5.74, 6) is 1.48. The Hall–Kier alpha value is -0.370. The molecule has 2 aliphatic carbocycles. The molecule has 13 heavy (non-hydrogen) atoms. The number of ketones is 1. The van der Waals surface area contributed by atoms with Crippen molar-refractivity contribution < 1.29 is 9.53 Å². The lowest BCUT2D eigenvalue weighted by molar-refractivity contribution is -0.227. The van der Waals surface area contributed by atoms with Crippen molar-refractivity contribution in [3.8, 4) is 0 Å². The Labute approximate surface area is 78.6 Å². The van der Waals surface area contributed by atoms with Crippen LogP contribution in [0.5, 0.6) is 0 Å². The number of hydrogen-bond donors (Lipinski definition) is 0. The van der Waals surface area contributed by atoms with E-state index in [9.17, 15) is 4.79 Å². The molecule has 0 radical (unpaired) electrons. The molecule has 0 aromatic rings. The van der Waals surface area contributed by atoms with Gasteiger partial charge in [0.2, 0.25) is 0 Å². The highest BCUT2D eigenvalue weighted by Crippen LogP contribution is 2.56. The van der Waals surface area contributed by atoms with E-state index in [4.69, 9.17) is 4.74 Å². The first kappa shape index (κ1) is 7.98. The molecule has 72 valence electrons. The molecule has 2 heteroatoms. The van der Waals surface area contributed by atoms with E-state index >= 15 is 0 Å². The van der Waals surface area contributed by atoms with Gasteiger partial charge in [0.1, 0.15) is 5.78 Å². The number of Topliss-reactive ketones (excluding diaryl/α,β-unsaturated/α-hetero) is 1. The van der Waals surface area contributed by atoms with E-state index in [-0.39, 0.29) is 11.5 Å². The van der Waals surface area contributed by atoms with E-state index in [0.29, 0.717) is 5.78 Å². The average molecular weight is 180 g/mol. The molecule has 1 aliphatic heterocycles. The van der Waals surface area contributed by atoms with Crippen molar-refractivity contribution in [3.05, 3.63) is 0 Å². The van der Waals surface area contributed by atoms with Crippen molar-refractivity contribution in [2.24, 2.45) is 11.8 Å². The van der Waals surface area contributed by atoms with Gasteiger partial charge in [-0.25, -0.2) is 0 Å². The second kappa shape index (κ2) is 2.57. The fourth-order valence-electron chi connectivity index (χ4n) is 3.55. The molecular weight excluding hydrogens is 164 g/mol. The van der Waals surface area contributed by atoms with Crippen LogP contribution in [0.2, 0.25) is 0 Å². The van der Waals surface area contributed by atoms with Crippen LogP contribution in [0.1, 0.15) is 38.5 Å². The predicted octanol–water partition coefficient (Wildman–Crippen LogP) is 1.92. The lowest BCUT2D eigenvalue weighted by Crippen LogP contribution is -2.63. The van der Waals surface area contributed by atoms with Gasteiger partial charge in [0.15, 0.2) is 0 Å². The lowest BCUT2D eigenvalue weighted by Gasteiger charge is -2.59. The highest BCUT2D eigenvalue weighted by molar-refractivity contribution is 5.84. The zero-order valence-corrected chi connectivity index (χ0v) is 7.92. The van der Waals surface area contributed by atoms with Crippen LogP contribution < -0.4 is 0 Å². The van der Waals surface area contributed by atoms with Gasteiger partial charge in [-0.2, -0.15) is 0 Å². The molecule has 2 nitrogen and oxygen atoms in total. The molecule has 0 bridgehead atoms. The molecule has 1 heterocycles. The zero-order valence-electron chi connectivity index (χ0n) is 7.92. The van der Waals surface area contributed by atoms with E-state index in [1.165, 1.54) is 12.8 Å². The summed E-state index contributed by atoms with van der Waals surface area (Å²) in [5.41, 5.74) is 0.0353. The van der Waals surface area contributed by atoms with Gasteiger partial charge >= 0.3 is 0 Å². The van der Waals surface area contributed by atoms with Crippen molar-refractivity contribution in [2.75, 3.05) is 6.61 Å². The third-order valence-electron chi connectivity index (χ3n) is 4.25. The molecule has 1 spiro atoms. The number of hydrogen-bond acceptors (Lipinski definition) is 2. The first-order valence-electron chi connectivity index (χ1n) is 5.49. The summed E-state index contributed by atoms with van der Waals surface area (Å²) in [6, 6.07) is 0. The second-order valence-corrected chi connectivity index (χ2v) is 4.75. The fourth-order valence-corrected chi connectivity index (χ4v) is 3.55. The van der Waals surface area contributed by atoms with Crippen LogP contribution in [-0.4, -0.2) is 18.0 Å². The van der Waals surface area contributed by atoms with E-state index in [1.54, 1.807) is 0 Å². The Kier molecular flexibility index (Phi) is 1.58. The van der Waals surface area contributed by atoms with E-state index in [1.807, 2.05) is 0 Å². The van der Waals surface area contributed by atoms with Gasteiger partial charge in [0, 0.05) is 18.9 Å². The maximum atomic E-state index is 11.6. The summed E-state index contributed by atoms with van der Waals surface area (Å²) < 4.78 is 5.92. The predicted molar refractivity (Wildman–Crippen MR) is 48.4 cm³/mol. The Balaban J connectivity index is 1.87. The quantitative estimate of drug-likeness (QED) is 0.569. The van der Waals surface area contributed by atoms with E-state index in [2.05, 4.69) is 0 Å². The van der Waals surface area contributed by atoms with Gasteiger partial charge in [-0.1, -0.05) is 0 Å². The van der Waals surface area contributed by atoms with E-state index in [0.717, 1.165) is 38.2 Å². The van der Waals surface area contributed by atoms with Crippen LogP contribution >= 0.6 is 0 Å². The fraction of sp³-hybridized carbons (Fsp3) is 0.909. The third kappa shape index (κ3) is 0.899. The average Bonchev–Trinajstić information content (AvgIpc) is 2.07. The highest BCUT2D eigenvalue weighted by atomic mass is 16.5. The molecule has 0 aromatic heterocycles. The monoisotopic (exact) mass is 180 g/mol. The van der Waals surface area contributed by atoms with Crippen molar-refractivity contribution >= 4 is 5.78 Å². The number of rotatable bonds is 0. The van der Waals surface area contributed by atoms with Gasteiger partial charge in [-0.3, -0.25) is 4.79 Å². The Bertz CT molecular complexity index is 244. The molecule has 1 saturated heterocycles. The highest BCUT2D eigenvalue weighted by Gasteiger charge is 2.60. The lowest BCUT2D eigenvalue weighted by atomic mass is 9.52. The van der Waals surface area contributed by atoms with Crippen LogP contribution in [0.25, 0.3) is 0 Å². The van der Waals surface area contributed by atoms with E-state index < -0.39 is 0 Å². The molecule has 0 N–H and O–H groups in total. The maximum Gasteiger partial charge on any atom is 0.138 e. The largest absolute Gasteiger partial charge is 0.374 e. The Morgan fingerprint density at radius 1 is 1.38 bits per heavy atom. The first-order chi connectivity index (χ1) is 6.33. The Morgan fingerprint density at radius 2 is 2.31 bits per heavy atom. The van der Waals surface area contributed by atoms with Gasteiger partial charge in [0.05, 0.1) is 5.60 Å². The minimum Gasteiger partial charge on any atom is -0.374 e. The summed E-state index contributed by atoms with van der Waals surface area (Å²) in [7, 11) is 0. The van der Waals surface area contributed by atoms with Crippen LogP contribution in [0.15, 0.2) is 0 Å². The smallest absolute Gasteiger partial charge is 0.138 e. The standard InChI is InChI=1S/C11H16O2/c12-10-4-1-5-11-8(7-9(10)11)3-2-6-13-11/h8-9H,1-7H2. The first-order valence-corrected chi connectivity index (χ1v) is 5.49. The summed E-state index contributed by atoms with van der Waals surface area (Å²) >= 11 is 0. The molecule has 3 atom stereocenters. The van der Waals surface area contributed by atoms with Crippen LogP contribution in [-0.2, 0) is 9.53 Å². The third-order valence-corrected chi connectivity index (χ3v) is 4.25. The Morgan fingerprint density at radius 3 is 3.15 bits per heavy atom. The summed E-state index contributed by atoms with van der Waals surface area (Å²) in [6.45, 7) is 0.889. The van der Waals surface area contributed by atoms with Crippen molar-refractivity contribution in [3.63, 3.8) is 0 Å².